The first-order valence-electron chi connectivity index (χ1n) is 6.38. The highest BCUT2D eigenvalue weighted by Crippen LogP contribution is 2.04. The van der Waals surface area contributed by atoms with Crippen LogP contribution in [0.15, 0.2) is 34.0 Å². The van der Waals surface area contributed by atoms with Gasteiger partial charge >= 0.3 is 5.69 Å². The van der Waals surface area contributed by atoms with Crippen molar-refractivity contribution in [1.82, 2.24) is 14.3 Å². The van der Waals surface area contributed by atoms with E-state index in [0.717, 1.165) is 21.0 Å². The molecular formula is C14H16N3O4. The van der Waals surface area contributed by atoms with E-state index in [-0.39, 0.29) is 13.2 Å². The number of methoxy groups -OCH3 is 1. The second kappa shape index (κ2) is 6.47. The summed E-state index contributed by atoms with van der Waals surface area (Å²) in [6, 6.07) is 8.08. The average molecular weight is 290 g/mol. The van der Waals surface area contributed by atoms with Crippen LogP contribution in [0.3, 0.4) is 0 Å². The van der Waals surface area contributed by atoms with Crippen LogP contribution in [0.4, 0.5) is 0 Å². The third-order valence-electron chi connectivity index (χ3n) is 2.91. The molecule has 0 aliphatic rings. The van der Waals surface area contributed by atoms with Crippen molar-refractivity contribution in [1.29, 1.82) is 0 Å². The van der Waals surface area contributed by atoms with Gasteiger partial charge in [-0.1, -0.05) is 6.07 Å². The molecule has 0 amide bonds. The predicted molar refractivity (Wildman–Crippen MR) is 75.5 cm³/mol. The van der Waals surface area contributed by atoms with Crippen LogP contribution in [0.2, 0.25) is 0 Å². The number of aliphatic hydroxyl groups is 1. The van der Waals surface area contributed by atoms with Crippen LogP contribution in [-0.4, -0.2) is 39.3 Å². The van der Waals surface area contributed by atoms with Crippen LogP contribution in [0, 0.1) is 13.0 Å². The van der Waals surface area contributed by atoms with Gasteiger partial charge in [0, 0.05) is 7.11 Å². The fourth-order valence-electron chi connectivity index (χ4n) is 1.86. The lowest BCUT2D eigenvalue weighted by molar-refractivity contribution is 0.0519. The molecule has 0 spiro atoms. The Kier molecular flexibility index (Phi) is 4.66. The fourth-order valence-corrected chi connectivity index (χ4v) is 1.86. The molecule has 1 N–H and O–H groups in total. The number of nitrogens with zero attached hydrogens (tertiary/aromatic N) is 3. The second-order valence-corrected chi connectivity index (χ2v) is 4.63. The summed E-state index contributed by atoms with van der Waals surface area (Å²) < 4.78 is 6.81. The van der Waals surface area contributed by atoms with Gasteiger partial charge in [-0.25, -0.2) is 4.79 Å². The number of rotatable bonds is 5. The van der Waals surface area contributed by atoms with Crippen LogP contribution in [0.5, 0.6) is 0 Å². The van der Waals surface area contributed by atoms with Gasteiger partial charge in [0.2, 0.25) is 0 Å². The lowest BCUT2D eigenvalue weighted by Crippen LogP contribution is -2.43. The van der Waals surface area contributed by atoms with Crippen LogP contribution in [0.1, 0.15) is 5.56 Å². The van der Waals surface area contributed by atoms with Crippen molar-refractivity contribution in [2.24, 2.45) is 0 Å². The third kappa shape index (κ3) is 3.45. The molecule has 1 atom stereocenters. The first kappa shape index (κ1) is 15.1. The Morgan fingerprint density at radius 1 is 1.43 bits per heavy atom. The van der Waals surface area contributed by atoms with Crippen molar-refractivity contribution in [3.05, 3.63) is 56.9 Å². The summed E-state index contributed by atoms with van der Waals surface area (Å²) >= 11 is 0. The van der Waals surface area contributed by atoms with Crippen molar-refractivity contribution in [2.45, 2.75) is 19.6 Å². The van der Waals surface area contributed by atoms with Crippen LogP contribution in [0.25, 0.3) is 5.69 Å². The number of aliphatic hydroxyl groups excluding tert-OH is 1. The first-order chi connectivity index (χ1) is 10.0. The van der Waals surface area contributed by atoms with Crippen molar-refractivity contribution < 1.29 is 9.84 Å². The first-order valence-corrected chi connectivity index (χ1v) is 6.38. The van der Waals surface area contributed by atoms with E-state index < -0.39 is 17.4 Å². The highest BCUT2D eigenvalue weighted by molar-refractivity contribution is 5.31. The van der Waals surface area contributed by atoms with Crippen LogP contribution < -0.4 is 11.2 Å². The number of hydrogen-bond donors (Lipinski definition) is 1. The molecule has 0 fully saturated rings. The summed E-state index contributed by atoms with van der Waals surface area (Å²) in [5.74, 6) is 0. The molecule has 7 heteroatoms. The van der Waals surface area contributed by atoms with Crippen LogP contribution in [-0.2, 0) is 11.3 Å². The molecule has 0 aliphatic carbocycles. The van der Waals surface area contributed by atoms with Gasteiger partial charge in [0.25, 0.3) is 5.56 Å². The number of aryl methyl sites for hydroxylation is 1. The Hall–Kier alpha value is -2.25. The summed E-state index contributed by atoms with van der Waals surface area (Å²) in [4.78, 5) is 24.1. The zero-order valence-electron chi connectivity index (χ0n) is 11.8. The van der Waals surface area contributed by atoms with Gasteiger partial charge in [-0.3, -0.25) is 9.36 Å². The molecule has 1 aromatic carbocycles. The van der Waals surface area contributed by atoms with Gasteiger partial charge in [0.05, 0.1) is 24.9 Å². The van der Waals surface area contributed by atoms with Gasteiger partial charge in [0.1, 0.15) is 6.20 Å². The lowest BCUT2D eigenvalue weighted by Gasteiger charge is -2.12. The van der Waals surface area contributed by atoms with Gasteiger partial charge in [-0.15, -0.1) is 0 Å². The molecule has 7 nitrogen and oxygen atoms in total. The smallest absolute Gasteiger partial charge is 0.352 e. The van der Waals surface area contributed by atoms with E-state index in [0.29, 0.717) is 5.69 Å². The molecule has 21 heavy (non-hydrogen) atoms. The summed E-state index contributed by atoms with van der Waals surface area (Å²) in [6.07, 6.45) is 0.0988. The molecular weight excluding hydrogens is 274 g/mol. The molecule has 2 rings (SSSR count). The fraction of sp³-hybridized carbons (Fsp3) is 0.357. The maximum absolute atomic E-state index is 12.3. The van der Waals surface area contributed by atoms with Crippen molar-refractivity contribution >= 4 is 0 Å². The molecule has 1 heterocycles. The van der Waals surface area contributed by atoms with Crippen LogP contribution >= 0.6 is 0 Å². The minimum absolute atomic E-state index is 0.0342. The Morgan fingerprint density at radius 2 is 2.19 bits per heavy atom. The standard InChI is InChI=1S/C14H16N3O4/c1-10-3-5-11(6-4-10)17-14(20)16(13(19)7-15-17)8-12(18)9-21-2/h3,5-7,12,18H,8-9H2,1-2H3. The highest BCUT2D eigenvalue weighted by atomic mass is 16.5. The minimum Gasteiger partial charge on any atom is -0.389 e. The summed E-state index contributed by atoms with van der Waals surface area (Å²) in [5, 5.41) is 13.5. The lowest BCUT2D eigenvalue weighted by atomic mass is 10.2. The van der Waals surface area contributed by atoms with E-state index in [1.165, 1.54) is 7.11 Å². The quantitative estimate of drug-likeness (QED) is 0.803. The largest absolute Gasteiger partial charge is 0.389 e. The van der Waals surface area contributed by atoms with E-state index in [2.05, 4.69) is 11.2 Å². The zero-order chi connectivity index (χ0) is 15.4. The SMILES string of the molecule is COCC(O)Cn1c(=O)cnn(-c2c[c]c(C)cc2)c1=O. The summed E-state index contributed by atoms with van der Waals surface area (Å²) in [7, 11) is 1.43. The van der Waals surface area contributed by atoms with Crippen molar-refractivity contribution in [3.8, 4) is 5.69 Å². The van der Waals surface area contributed by atoms with Gasteiger partial charge in [0.15, 0.2) is 0 Å². The normalized spacial score (nSPS) is 12.3. The number of ether oxygens (including phenoxy) is 1. The zero-order valence-corrected chi connectivity index (χ0v) is 11.8. The van der Waals surface area contributed by atoms with Crippen molar-refractivity contribution in [3.63, 3.8) is 0 Å². The Bertz CT molecular complexity index is 718. The molecule has 0 saturated carbocycles. The van der Waals surface area contributed by atoms with Gasteiger partial charge in [-0.2, -0.15) is 9.78 Å². The topological polar surface area (TPSA) is 86.3 Å². The Balaban J connectivity index is 2.44. The van der Waals surface area contributed by atoms with E-state index in [4.69, 9.17) is 4.74 Å². The predicted octanol–water partition coefficient (Wildman–Crippen LogP) is -0.490. The van der Waals surface area contributed by atoms with E-state index >= 15 is 0 Å². The number of hydrogen-bond acceptors (Lipinski definition) is 5. The second-order valence-electron chi connectivity index (χ2n) is 4.63. The monoisotopic (exact) mass is 290 g/mol. The van der Waals surface area contributed by atoms with Gasteiger partial charge < -0.3 is 9.84 Å². The molecule has 1 aromatic heterocycles. The number of aromatic nitrogens is 3. The molecule has 1 radical (unpaired) electrons. The molecule has 0 aliphatic heterocycles. The third-order valence-corrected chi connectivity index (χ3v) is 2.91. The Morgan fingerprint density at radius 3 is 2.81 bits per heavy atom. The number of benzene rings is 1. The highest BCUT2D eigenvalue weighted by Gasteiger charge is 2.12. The molecule has 0 bridgehead atoms. The molecule has 2 aromatic rings. The van der Waals surface area contributed by atoms with Crippen molar-refractivity contribution in [2.75, 3.05) is 13.7 Å². The molecule has 111 valence electrons. The molecule has 0 saturated heterocycles. The summed E-state index contributed by atoms with van der Waals surface area (Å²) in [6.45, 7) is 1.76. The van der Waals surface area contributed by atoms with Gasteiger partial charge in [-0.05, 0) is 30.7 Å². The molecule has 1 unspecified atom stereocenters. The van der Waals surface area contributed by atoms with E-state index in [1.807, 2.05) is 6.92 Å². The Labute approximate surface area is 121 Å². The average Bonchev–Trinajstić information content (AvgIpc) is 2.45. The van der Waals surface area contributed by atoms with E-state index in [9.17, 15) is 14.7 Å². The van der Waals surface area contributed by atoms with E-state index in [1.54, 1.807) is 18.2 Å². The maximum Gasteiger partial charge on any atom is 0.352 e. The maximum atomic E-state index is 12.3. The summed E-state index contributed by atoms with van der Waals surface area (Å²) in [5.41, 5.74) is 0.244. The minimum atomic E-state index is -0.944.